The molecular weight excluding hydrogens is 300 g/mol. The molecule has 0 fully saturated rings. The summed E-state index contributed by atoms with van der Waals surface area (Å²) in [5.74, 6) is 0. The summed E-state index contributed by atoms with van der Waals surface area (Å²) in [5, 5.41) is 0.0991. The van der Waals surface area contributed by atoms with Crippen molar-refractivity contribution in [2.75, 3.05) is 0 Å². The van der Waals surface area contributed by atoms with Crippen molar-refractivity contribution in [2.45, 2.75) is 90.4 Å². The van der Waals surface area contributed by atoms with Gasteiger partial charge in [-0.2, -0.15) is 0 Å². The molecule has 0 aliphatic carbocycles. The Morgan fingerprint density at radius 2 is 1.48 bits per heavy atom. The molecule has 130 valence electrons. The maximum absolute atomic E-state index is 6.46. The quantitative estimate of drug-likeness (QED) is 0.206. The Morgan fingerprint density at radius 3 is 2.04 bits per heavy atom. The molecule has 1 atom stereocenters. The monoisotopic (exact) mass is 334 g/mol. The SMILES string of the molecule is CCCCCCCCCCc1ccc(C(Cl)CC=C(C)C)cc1. The van der Waals surface area contributed by atoms with E-state index in [0.717, 1.165) is 6.42 Å². The first-order chi connectivity index (χ1) is 11.1. The minimum Gasteiger partial charge on any atom is -0.117 e. The van der Waals surface area contributed by atoms with Crippen LogP contribution < -0.4 is 0 Å². The molecule has 0 N–H and O–H groups in total. The van der Waals surface area contributed by atoms with Gasteiger partial charge >= 0.3 is 0 Å². The molecule has 0 amide bonds. The fraction of sp³-hybridized carbons (Fsp3) is 0.636. The zero-order valence-corrected chi connectivity index (χ0v) is 16.2. The minimum absolute atomic E-state index is 0.0991. The van der Waals surface area contributed by atoms with Crippen LogP contribution in [-0.2, 0) is 6.42 Å². The number of hydrogen-bond acceptors (Lipinski definition) is 0. The summed E-state index contributed by atoms with van der Waals surface area (Å²) in [6, 6.07) is 8.93. The minimum atomic E-state index is 0.0991. The fourth-order valence-electron chi connectivity index (χ4n) is 2.83. The van der Waals surface area contributed by atoms with E-state index in [1.165, 1.54) is 74.5 Å². The van der Waals surface area contributed by atoms with Gasteiger partial charge in [0.25, 0.3) is 0 Å². The second-order valence-electron chi connectivity index (χ2n) is 6.95. The maximum atomic E-state index is 6.46. The van der Waals surface area contributed by atoms with E-state index in [-0.39, 0.29) is 5.38 Å². The summed E-state index contributed by atoms with van der Waals surface area (Å²) in [6.45, 7) is 6.52. The van der Waals surface area contributed by atoms with Crippen LogP contribution >= 0.6 is 11.6 Å². The smallest absolute Gasteiger partial charge is 0.0619 e. The number of alkyl halides is 1. The number of rotatable bonds is 12. The Kier molecular flexibility index (Phi) is 11.2. The van der Waals surface area contributed by atoms with E-state index in [9.17, 15) is 0 Å². The fourth-order valence-corrected chi connectivity index (χ4v) is 3.07. The topological polar surface area (TPSA) is 0 Å². The Hall–Kier alpha value is -0.750. The van der Waals surface area contributed by atoms with Crippen LogP contribution in [-0.4, -0.2) is 0 Å². The molecule has 0 radical (unpaired) electrons. The van der Waals surface area contributed by atoms with Crippen LogP contribution in [0.2, 0.25) is 0 Å². The molecule has 0 bridgehead atoms. The maximum Gasteiger partial charge on any atom is 0.0619 e. The van der Waals surface area contributed by atoms with Crippen LogP contribution in [0.5, 0.6) is 0 Å². The van der Waals surface area contributed by atoms with Gasteiger partial charge in [-0.3, -0.25) is 0 Å². The predicted octanol–water partition coefficient (Wildman–Crippen LogP) is 8.01. The lowest BCUT2D eigenvalue weighted by Crippen LogP contribution is -1.91. The lowest BCUT2D eigenvalue weighted by Gasteiger charge is -2.09. The van der Waals surface area contributed by atoms with E-state index in [2.05, 4.69) is 51.1 Å². The molecule has 0 spiro atoms. The number of aryl methyl sites for hydroxylation is 1. The third-order valence-corrected chi connectivity index (χ3v) is 4.82. The first-order valence-corrected chi connectivity index (χ1v) is 9.93. The van der Waals surface area contributed by atoms with Crippen molar-refractivity contribution in [3.63, 3.8) is 0 Å². The second-order valence-corrected chi connectivity index (χ2v) is 7.48. The molecular formula is C22H35Cl. The molecule has 1 unspecified atom stereocenters. The van der Waals surface area contributed by atoms with Gasteiger partial charge in [-0.1, -0.05) is 87.8 Å². The van der Waals surface area contributed by atoms with Crippen molar-refractivity contribution in [3.8, 4) is 0 Å². The summed E-state index contributed by atoms with van der Waals surface area (Å²) in [6.07, 6.45) is 15.4. The van der Waals surface area contributed by atoms with Crippen molar-refractivity contribution in [3.05, 3.63) is 47.0 Å². The number of allylic oxidation sites excluding steroid dienone is 2. The predicted molar refractivity (Wildman–Crippen MR) is 105 cm³/mol. The third-order valence-electron chi connectivity index (χ3n) is 4.39. The average molecular weight is 335 g/mol. The normalized spacial score (nSPS) is 12.2. The van der Waals surface area contributed by atoms with Gasteiger partial charge in [0.15, 0.2) is 0 Å². The van der Waals surface area contributed by atoms with Crippen molar-refractivity contribution < 1.29 is 0 Å². The number of halogens is 1. The van der Waals surface area contributed by atoms with Crippen molar-refractivity contribution in [2.24, 2.45) is 0 Å². The van der Waals surface area contributed by atoms with E-state index in [0.29, 0.717) is 0 Å². The summed E-state index contributed by atoms with van der Waals surface area (Å²) >= 11 is 6.46. The zero-order chi connectivity index (χ0) is 16.9. The van der Waals surface area contributed by atoms with Gasteiger partial charge in [0.2, 0.25) is 0 Å². The first kappa shape index (κ1) is 20.3. The van der Waals surface area contributed by atoms with Gasteiger partial charge in [-0.05, 0) is 44.2 Å². The number of hydrogen-bond donors (Lipinski definition) is 0. The molecule has 1 aromatic rings. The van der Waals surface area contributed by atoms with E-state index >= 15 is 0 Å². The Balaban J connectivity index is 2.20. The van der Waals surface area contributed by atoms with E-state index in [4.69, 9.17) is 11.6 Å². The van der Waals surface area contributed by atoms with Gasteiger partial charge in [-0.25, -0.2) is 0 Å². The van der Waals surface area contributed by atoms with Gasteiger partial charge in [0.1, 0.15) is 0 Å². The van der Waals surface area contributed by atoms with E-state index in [1.54, 1.807) is 0 Å². The standard InChI is InChI=1S/C22H35Cl/c1-4-5-6-7-8-9-10-11-12-20-14-16-21(17-15-20)22(23)18-13-19(2)3/h13-17,22H,4-12,18H2,1-3H3. The molecule has 1 rings (SSSR count). The van der Waals surface area contributed by atoms with E-state index in [1.807, 2.05) is 0 Å². The molecule has 23 heavy (non-hydrogen) atoms. The van der Waals surface area contributed by atoms with Gasteiger partial charge in [0.05, 0.1) is 5.38 Å². The van der Waals surface area contributed by atoms with Gasteiger partial charge in [0, 0.05) is 0 Å². The van der Waals surface area contributed by atoms with Crippen LogP contribution in [0.3, 0.4) is 0 Å². The largest absolute Gasteiger partial charge is 0.117 e. The summed E-state index contributed by atoms with van der Waals surface area (Å²) < 4.78 is 0. The molecule has 0 aliphatic heterocycles. The van der Waals surface area contributed by atoms with Crippen molar-refractivity contribution in [1.29, 1.82) is 0 Å². The summed E-state index contributed by atoms with van der Waals surface area (Å²) in [4.78, 5) is 0. The van der Waals surface area contributed by atoms with Gasteiger partial charge < -0.3 is 0 Å². The molecule has 1 heteroatoms. The lowest BCUT2D eigenvalue weighted by molar-refractivity contribution is 0.575. The van der Waals surface area contributed by atoms with Gasteiger partial charge in [-0.15, -0.1) is 11.6 Å². The molecule has 0 heterocycles. The van der Waals surface area contributed by atoms with Crippen LogP contribution in [0.25, 0.3) is 0 Å². The van der Waals surface area contributed by atoms with Crippen LogP contribution in [0.1, 0.15) is 95.1 Å². The zero-order valence-electron chi connectivity index (χ0n) is 15.4. The number of benzene rings is 1. The Morgan fingerprint density at radius 1 is 0.913 bits per heavy atom. The molecule has 0 aliphatic rings. The molecule has 0 nitrogen and oxygen atoms in total. The average Bonchev–Trinajstić information content (AvgIpc) is 2.55. The Labute approximate surface area is 149 Å². The highest BCUT2D eigenvalue weighted by atomic mass is 35.5. The lowest BCUT2D eigenvalue weighted by atomic mass is 10.0. The highest BCUT2D eigenvalue weighted by Crippen LogP contribution is 2.25. The van der Waals surface area contributed by atoms with Crippen molar-refractivity contribution in [1.82, 2.24) is 0 Å². The highest BCUT2D eigenvalue weighted by Gasteiger charge is 2.06. The Bertz CT molecular complexity index is 426. The van der Waals surface area contributed by atoms with Crippen LogP contribution in [0.4, 0.5) is 0 Å². The molecule has 0 aromatic heterocycles. The molecule has 0 saturated heterocycles. The van der Waals surface area contributed by atoms with E-state index < -0.39 is 0 Å². The molecule has 0 saturated carbocycles. The van der Waals surface area contributed by atoms with Crippen LogP contribution in [0, 0.1) is 0 Å². The van der Waals surface area contributed by atoms with Crippen molar-refractivity contribution >= 4 is 11.6 Å². The summed E-state index contributed by atoms with van der Waals surface area (Å²) in [5.41, 5.74) is 4.02. The van der Waals surface area contributed by atoms with Crippen LogP contribution in [0.15, 0.2) is 35.9 Å². The summed E-state index contributed by atoms with van der Waals surface area (Å²) in [7, 11) is 0. The molecule has 1 aromatic carbocycles. The second kappa shape index (κ2) is 12.6. The highest BCUT2D eigenvalue weighted by molar-refractivity contribution is 6.20. The first-order valence-electron chi connectivity index (χ1n) is 9.49. The third kappa shape index (κ3) is 9.87. The number of unbranched alkanes of at least 4 members (excludes halogenated alkanes) is 7.